The summed E-state index contributed by atoms with van der Waals surface area (Å²) in [7, 11) is 0. The Bertz CT molecular complexity index is 1220. The van der Waals surface area contributed by atoms with E-state index in [4.69, 9.17) is 9.98 Å². The van der Waals surface area contributed by atoms with E-state index in [9.17, 15) is 10.2 Å². The molecule has 4 nitrogen and oxygen atoms in total. The van der Waals surface area contributed by atoms with E-state index in [2.05, 4.69) is 0 Å². The van der Waals surface area contributed by atoms with Crippen LogP contribution in [0.2, 0.25) is 0 Å². The van der Waals surface area contributed by atoms with Crippen LogP contribution in [-0.4, -0.2) is 34.7 Å². The molecule has 0 amide bonds. The Balaban J connectivity index is 1.45. The molecule has 1 fully saturated rings. The molecule has 5 rings (SSSR count). The fraction of sp³-hybridized carbons (Fsp3) is 0.214. The van der Waals surface area contributed by atoms with Crippen LogP contribution in [0.5, 0.6) is 11.5 Å². The van der Waals surface area contributed by atoms with Crippen molar-refractivity contribution in [2.75, 3.05) is 0 Å². The summed E-state index contributed by atoms with van der Waals surface area (Å²) in [5, 5.41) is 25.0. The normalized spacial score (nSPS) is 19.4. The summed E-state index contributed by atoms with van der Waals surface area (Å²) in [6, 6.07) is 23.4. The van der Waals surface area contributed by atoms with Crippen molar-refractivity contribution in [3.8, 4) is 11.5 Å². The second-order valence-electron chi connectivity index (χ2n) is 8.41. The summed E-state index contributed by atoms with van der Waals surface area (Å²) in [6.45, 7) is 0. The zero-order valence-electron chi connectivity index (χ0n) is 17.9. The molecule has 4 aromatic carbocycles. The number of benzene rings is 4. The quantitative estimate of drug-likeness (QED) is 0.382. The Kier molecular flexibility index (Phi) is 5.59. The van der Waals surface area contributed by atoms with Gasteiger partial charge in [0.1, 0.15) is 11.5 Å². The minimum absolute atomic E-state index is 0.0514. The molecule has 4 aromatic rings. The van der Waals surface area contributed by atoms with Crippen LogP contribution >= 0.6 is 0 Å². The van der Waals surface area contributed by atoms with Gasteiger partial charge in [-0.1, -0.05) is 73.5 Å². The number of nitrogens with zero attached hydrogens (tertiary/aromatic N) is 2. The van der Waals surface area contributed by atoms with E-state index in [0.717, 1.165) is 58.4 Å². The van der Waals surface area contributed by atoms with E-state index in [1.165, 1.54) is 0 Å². The molecule has 0 aromatic heterocycles. The van der Waals surface area contributed by atoms with E-state index in [1.807, 2.05) is 73.1 Å². The molecule has 1 aliphatic carbocycles. The molecule has 0 bridgehead atoms. The molecule has 1 saturated carbocycles. The third kappa shape index (κ3) is 3.96. The highest BCUT2D eigenvalue weighted by atomic mass is 16.3. The second kappa shape index (κ2) is 8.83. The SMILES string of the molecule is Oc1ccc2ccccc2c1C=N[C@H]1CCCC[C@H]1N=Cc1c(O)ccc2ccccc12. The van der Waals surface area contributed by atoms with Crippen LogP contribution in [-0.2, 0) is 0 Å². The average Bonchev–Trinajstić information content (AvgIpc) is 2.83. The van der Waals surface area contributed by atoms with E-state index in [-0.39, 0.29) is 23.6 Å². The largest absolute Gasteiger partial charge is 0.507 e. The maximum absolute atomic E-state index is 10.4. The van der Waals surface area contributed by atoms with Crippen molar-refractivity contribution in [3.05, 3.63) is 83.9 Å². The van der Waals surface area contributed by atoms with E-state index >= 15 is 0 Å². The van der Waals surface area contributed by atoms with Crippen LogP contribution in [0.4, 0.5) is 0 Å². The summed E-state index contributed by atoms with van der Waals surface area (Å²) >= 11 is 0. The van der Waals surface area contributed by atoms with Crippen molar-refractivity contribution < 1.29 is 10.2 Å². The molecular formula is C28H26N2O2. The molecule has 0 saturated heterocycles. The number of phenolic OH excluding ortho intramolecular Hbond substituents is 2. The molecule has 2 N–H and O–H groups in total. The van der Waals surface area contributed by atoms with Gasteiger partial charge in [-0.3, -0.25) is 9.98 Å². The van der Waals surface area contributed by atoms with Crippen molar-refractivity contribution >= 4 is 34.0 Å². The summed E-state index contributed by atoms with van der Waals surface area (Å²) < 4.78 is 0. The van der Waals surface area contributed by atoms with E-state index in [0.29, 0.717) is 0 Å². The van der Waals surface area contributed by atoms with Gasteiger partial charge in [-0.25, -0.2) is 0 Å². The Morgan fingerprint density at radius 2 is 1.03 bits per heavy atom. The lowest BCUT2D eigenvalue weighted by molar-refractivity contribution is 0.390. The van der Waals surface area contributed by atoms with Gasteiger partial charge in [0, 0.05) is 23.6 Å². The number of rotatable bonds is 4. The van der Waals surface area contributed by atoms with Gasteiger partial charge in [0.25, 0.3) is 0 Å². The van der Waals surface area contributed by atoms with Crippen LogP contribution in [0.15, 0.2) is 82.8 Å². The highest BCUT2D eigenvalue weighted by Gasteiger charge is 2.23. The Hall–Kier alpha value is -3.66. The first-order valence-electron chi connectivity index (χ1n) is 11.2. The summed E-state index contributed by atoms with van der Waals surface area (Å²) in [5.41, 5.74) is 1.51. The lowest BCUT2D eigenvalue weighted by Crippen LogP contribution is -2.27. The zero-order chi connectivity index (χ0) is 21.9. The predicted molar refractivity (Wildman–Crippen MR) is 132 cm³/mol. The highest BCUT2D eigenvalue weighted by molar-refractivity contribution is 6.03. The highest BCUT2D eigenvalue weighted by Crippen LogP contribution is 2.29. The molecule has 0 aliphatic heterocycles. The molecule has 0 radical (unpaired) electrons. The van der Waals surface area contributed by atoms with Crippen LogP contribution in [0.25, 0.3) is 21.5 Å². The average molecular weight is 423 g/mol. The number of aromatic hydroxyl groups is 2. The minimum atomic E-state index is 0.0514. The molecule has 0 spiro atoms. The molecule has 0 unspecified atom stereocenters. The Labute approximate surface area is 187 Å². The monoisotopic (exact) mass is 422 g/mol. The number of hydrogen-bond donors (Lipinski definition) is 2. The number of hydrogen-bond acceptors (Lipinski definition) is 4. The van der Waals surface area contributed by atoms with E-state index < -0.39 is 0 Å². The summed E-state index contributed by atoms with van der Waals surface area (Å²) in [6.07, 6.45) is 7.79. The van der Waals surface area contributed by atoms with Crippen LogP contribution in [0.3, 0.4) is 0 Å². The van der Waals surface area contributed by atoms with Gasteiger partial charge in [0.05, 0.1) is 12.1 Å². The molecule has 32 heavy (non-hydrogen) atoms. The van der Waals surface area contributed by atoms with Crippen molar-refractivity contribution in [1.82, 2.24) is 0 Å². The van der Waals surface area contributed by atoms with E-state index in [1.54, 1.807) is 12.1 Å². The first-order valence-corrected chi connectivity index (χ1v) is 11.2. The topological polar surface area (TPSA) is 65.2 Å². The Morgan fingerprint density at radius 1 is 0.594 bits per heavy atom. The van der Waals surface area contributed by atoms with Gasteiger partial charge in [0.15, 0.2) is 0 Å². The number of phenols is 2. The molecule has 0 heterocycles. The van der Waals surface area contributed by atoms with Crippen LogP contribution < -0.4 is 0 Å². The molecule has 4 heteroatoms. The lowest BCUT2D eigenvalue weighted by atomic mass is 9.91. The van der Waals surface area contributed by atoms with Gasteiger partial charge in [0.2, 0.25) is 0 Å². The van der Waals surface area contributed by atoms with Crippen molar-refractivity contribution in [3.63, 3.8) is 0 Å². The van der Waals surface area contributed by atoms with Gasteiger partial charge >= 0.3 is 0 Å². The van der Waals surface area contributed by atoms with Crippen LogP contribution in [0, 0.1) is 0 Å². The van der Waals surface area contributed by atoms with Crippen molar-refractivity contribution in [2.24, 2.45) is 9.98 Å². The summed E-state index contributed by atoms with van der Waals surface area (Å²) in [5.74, 6) is 0.480. The minimum Gasteiger partial charge on any atom is -0.507 e. The van der Waals surface area contributed by atoms with Gasteiger partial charge < -0.3 is 10.2 Å². The number of aliphatic imine (C=N–C) groups is 2. The second-order valence-corrected chi connectivity index (χ2v) is 8.41. The fourth-order valence-electron chi connectivity index (χ4n) is 4.62. The molecule has 160 valence electrons. The predicted octanol–water partition coefficient (Wildman–Crippen LogP) is 6.25. The zero-order valence-corrected chi connectivity index (χ0v) is 17.9. The van der Waals surface area contributed by atoms with Gasteiger partial charge in [-0.2, -0.15) is 0 Å². The third-order valence-corrected chi connectivity index (χ3v) is 6.38. The lowest BCUT2D eigenvalue weighted by Gasteiger charge is -2.25. The molecule has 2 atom stereocenters. The van der Waals surface area contributed by atoms with Crippen LogP contribution in [0.1, 0.15) is 36.8 Å². The Morgan fingerprint density at radius 3 is 1.50 bits per heavy atom. The molecule has 1 aliphatic rings. The standard InChI is InChI=1S/C28H26N2O2/c31-27-15-13-19-7-1-3-9-21(19)23(27)17-29-25-11-5-6-12-26(25)30-18-24-22-10-4-2-8-20(22)14-16-28(24)32/h1-4,7-10,13-18,25-26,31-32H,5-6,11-12H2/t25-,26+. The maximum Gasteiger partial charge on any atom is 0.124 e. The van der Waals surface area contributed by atoms with Gasteiger partial charge in [-0.05, 0) is 46.5 Å². The first-order chi connectivity index (χ1) is 15.7. The first kappa shape index (κ1) is 20.3. The maximum atomic E-state index is 10.4. The third-order valence-electron chi connectivity index (χ3n) is 6.38. The fourth-order valence-corrected chi connectivity index (χ4v) is 4.62. The van der Waals surface area contributed by atoms with Gasteiger partial charge in [-0.15, -0.1) is 0 Å². The van der Waals surface area contributed by atoms with Crippen molar-refractivity contribution in [2.45, 2.75) is 37.8 Å². The summed E-state index contributed by atoms with van der Waals surface area (Å²) in [4.78, 5) is 9.76. The number of fused-ring (bicyclic) bond motifs is 2. The van der Waals surface area contributed by atoms with Crippen molar-refractivity contribution in [1.29, 1.82) is 0 Å². The smallest absolute Gasteiger partial charge is 0.124 e. The molecular weight excluding hydrogens is 396 g/mol.